The van der Waals surface area contributed by atoms with Crippen LogP contribution in [0.5, 0.6) is 0 Å². The minimum atomic E-state index is -5.89. The summed E-state index contributed by atoms with van der Waals surface area (Å²) in [5.74, 6) is -11.3. The molecule has 5 heterocycles. The standard InChI is InChI=1S/C79H118N9O36P/c1-13-82-71(104)45-32-44(88(109)110)22-23-46(45)87-70(85-69(86-87)47(92)24-25-51(93)94)64-60(101)59(100)61(102)75(120-64)118-62-40(7)116-73(52(56(62)97)83-41(8)90)119-63-49(34-114-48-31-43(33-89)54(95)58(99)55(48)96)117-74(53(57(63)98)84-42(9)91)121-65-66(123-77(81)107)79(12,108)67(68(80)103)122-76(65)124-125(111,112)115-35-50(72(105)106)113-30-27-38(5)18-14-15-28-78(10,11)29-26-39(6)21-20-37(4)19-16-17-36(2)3/h15,17,20,22-23,27-28,32,40,43,48-50,52-67,73-76,89,95-102,108H,6,13-14,16,18-19,21,24-26,29-31,33-35H2,1-5,7-12H3,(H2,80,103)(H2,81,107)(H,82,104)(H,83,90)(H,84,91)(H,93,94)(H,105,106)(H,111,112)/b28-15+,37-20+,38-27+. The molecule has 27 unspecified atom stereocenters. The topological polar surface area (TPSA) is 689 Å². The minimum Gasteiger partial charge on any atom is -0.481 e. The molecule has 125 heavy (non-hydrogen) atoms. The average Bonchev–Trinajstić information content (AvgIpc) is 1.72. The number of ketones is 1. The Morgan fingerprint density at radius 2 is 1.39 bits per heavy atom. The fourth-order valence-electron chi connectivity index (χ4n) is 14.5. The zero-order chi connectivity index (χ0) is 93.2. The Morgan fingerprint density at radius 1 is 0.776 bits per heavy atom. The first-order valence-corrected chi connectivity index (χ1v) is 41.9. The number of carboxylic acids is 2. The number of nitrogens with two attached hydrogens (primary N) is 2. The van der Waals surface area contributed by atoms with E-state index in [1.54, 1.807) is 13.0 Å². The molecule has 45 nitrogen and oxygen atoms in total. The van der Waals surface area contributed by atoms with Gasteiger partial charge in [-0.1, -0.05) is 73.1 Å². The Hall–Kier alpha value is -8.43. The second-order valence-corrected chi connectivity index (χ2v) is 33.9. The van der Waals surface area contributed by atoms with Crippen LogP contribution >= 0.6 is 7.82 Å². The normalized spacial score (nSPS) is 31.8. The number of carbonyl (C=O) groups is 8. The van der Waals surface area contributed by atoms with Crippen molar-refractivity contribution in [2.75, 3.05) is 33.0 Å². The third kappa shape index (κ3) is 28.3. The maximum Gasteiger partial charge on any atom is 0.474 e. The number of ether oxygens (including phenoxy) is 10. The zero-order valence-corrected chi connectivity index (χ0v) is 71.9. The summed E-state index contributed by atoms with van der Waals surface area (Å²) in [6, 6.07) is -1.34. The SMILES string of the molecule is C=C(C/C=C(\C)CCC=C(C)C)CCC(C)(C)/C=C/CC/C(C)=C/COC(COP(=O)(O)OC1OC(C(N)=O)C(C)(O)C(OC(N)=O)C1OC1OC(COC2CC(CO)C(O)C(O)C2O)C(OC2OC(C)C(OC3OC(c4nc(C(=O)CCC(=O)O)nn4-c4ccc([N+](=O)[O-])cc4C(=O)NCC)C(O)C(O)C3O)C(O)C2NC(C)=O)C(O)C1NC(C)=O)C(=O)O. The third-order valence-electron chi connectivity index (χ3n) is 21.5. The molecule has 1 saturated carbocycles. The molecule has 1 aromatic heterocycles. The first-order valence-electron chi connectivity index (χ1n) is 40.4. The number of benzene rings is 1. The fourth-order valence-corrected chi connectivity index (χ4v) is 15.3. The van der Waals surface area contributed by atoms with Crippen molar-refractivity contribution >= 4 is 61.0 Å². The van der Waals surface area contributed by atoms with Crippen LogP contribution in [0.25, 0.3) is 5.69 Å². The molecule has 5 aliphatic rings. The van der Waals surface area contributed by atoms with Gasteiger partial charge in [0.15, 0.2) is 55.4 Å². The lowest BCUT2D eigenvalue weighted by Crippen LogP contribution is -2.72. The Kier molecular flexibility index (Phi) is 38.2. The lowest BCUT2D eigenvalue weighted by Gasteiger charge is -2.52. The molecule has 0 spiro atoms. The molecule has 0 bridgehead atoms. The molecule has 0 radical (unpaired) electrons. The number of amides is 5. The van der Waals surface area contributed by atoms with Crippen LogP contribution in [0, 0.1) is 21.4 Å². The number of Topliss-reactive ketones (excluding diaryl/α,β-unsaturated/α-hetero) is 1. The highest BCUT2D eigenvalue weighted by Crippen LogP contribution is 2.49. The lowest BCUT2D eigenvalue weighted by molar-refractivity contribution is -0.384. The number of phosphoric ester groups is 1. The van der Waals surface area contributed by atoms with Crippen molar-refractivity contribution in [1.82, 2.24) is 30.7 Å². The number of nitro benzene ring substituents is 1. The molecule has 1 aliphatic carbocycles. The number of allylic oxidation sites excluding steroid dienone is 8. The van der Waals surface area contributed by atoms with E-state index >= 15 is 0 Å². The van der Waals surface area contributed by atoms with Crippen LogP contribution < -0.4 is 27.4 Å². The number of hydrogen-bond donors (Lipinski definition) is 18. The van der Waals surface area contributed by atoms with E-state index in [0.29, 0.717) is 12.8 Å². The van der Waals surface area contributed by atoms with Crippen LogP contribution in [-0.2, 0) is 85.0 Å². The van der Waals surface area contributed by atoms with Gasteiger partial charge in [-0.25, -0.2) is 23.8 Å². The number of carbonyl (C=O) groups excluding carboxylic acids is 6. The van der Waals surface area contributed by atoms with Crippen LogP contribution in [0.4, 0.5) is 10.5 Å². The van der Waals surface area contributed by atoms with Gasteiger partial charge in [-0.15, -0.1) is 5.10 Å². The third-order valence-corrected chi connectivity index (χ3v) is 22.4. The number of nitrogens with zero attached hydrogens (tertiary/aromatic N) is 4. The number of primary amides is 2. The van der Waals surface area contributed by atoms with Crippen LogP contribution in [-0.4, -0.2) is 313 Å². The smallest absolute Gasteiger partial charge is 0.474 e. The Morgan fingerprint density at radius 3 is 1.99 bits per heavy atom. The molecule has 5 amide bonds. The predicted molar refractivity (Wildman–Crippen MR) is 429 cm³/mol. The molecule has 1 aromatic carbocycles. The number of non-ortho nitro benzene ring substituents is 1. The van der Waals surface area contributed by atoms with E-state index in [4.69, 9.17) is 67.9 Å². The summed E-state index contributed by atoms with van der Waals surface area (Å²) >= 11 is 0. The second-order valence-electron chi connectivity index (χ2n) is 32.5. The molecule has 5 fully saturated rings. The Labute approximate surface area is 718 Å². The first-order chi connectivity index (χ1) is 58.5. The highest BCUT2D eigenvalue weighted by molar-refractivity contribution is 7.47. The number of phosphoric acid groups is 1. The molecule has 46 heteroatoms. The van der Waals surface area contributed by atoms with Crippen molar-refractivity contribution in [1.29, 1.82) is 0 Å². The van der Waals surface area contributed by atoms with Gasteiger partial charge in [0.1, 0.15) is 84.8 Å². The highest BCUT2D eigenvalue weighted by atomic mass is 31.2. The van der Waals surface area contributed by atoms with Gasteiger partial charge in [-0.3, -0.25) is 47.9 Å². The summed E-state index contributed by atoms with van der Waals surface area (Å²) in [4.78, 5) is 131. The van der Waals surface area contributed by atoms with Gasteiger partial charge in [-0.2, -0.15) is 0 Å². The summed E-state index contributed by atoms with van der Waals surface area (Å²) in [7, 11) is -5.89. The van der Waals surface area contributed by atoms with Crippen LogP contribution in [0.3, 0.4) is 0 Å². The number of aromatic nitrogens is 3. The molecule has 4 aliphatic heterocycles. The quantitative estimate of drug-likeness (QED) is 0.0137. The zero-order valence-electron chi connectivity index (χ0n) is 71.0. The van der Waals surface area contributed by atoms with Crippen LogP contribution in [0.2, 0.25) is 0 Å². The molecule has 7 rings (SSSR count). The summed E-state index contributed by atoms with van der Waals surface area (Å²) in [6.07, 6.45) is -35.5. The van der Waals surface area contributed by atoms with Crippen molar-refractivity contribution in [3.8, 4) is 5.69 Å². The van der Waals surface area contributed by atoms with Crippen LogP contribution in [0.1, 0.15) is 173 Å². The minimum absolute atomic E-state index is 0.0308. The van der Waals surface area contributed by atoms with Gasteiger partial charge in [0.05, 0.1) is 60.7 Å². The number of aliphatic carboxylic acids is 2. The maximum atomic E-state index is 14.2. The van der Waals surface area contributed by atoms with Gasteiger partial charge in [0, 0.05) is 51.5 Å². The van der Waals surface area contributed by atoms with Crippen molar-refractivity contribution < 1.29 is 170 Å². The number of aliphatic hydroxyl groups is 10. The lowest BCUT2D eigenvalue weighted by atomic mass is 9.81. The number of nitrogens with one attached hydrogen (secondary N) is 3. The van der Waals surface area contributed by atoms with Gasteiger partial charge < -0.3 is 141 Å². The number of nitro groups is 1. The molecule has 2 aromatic rings. The average molecular weight is 1800 g/mol. The molecular weight excluding hydrogens is 1680 g/mol. The number of aliphatic hydroxyl groups excluding tert-OH is 9. The molecule has 4 saturated heterocycles. The number of rotatable bonds is 44. The predicted octanol–water partition coefficient (Wildman–Crippen LogP) is 0.0460. The van der Waals surface area contributed by atoms with Gasteiger partial charge in [-0.05, 0) is 111 Å². The van der Waals surface area contributed by atoms with E-state index in [1.165, 1.54) is 25.0 Å². The number of carboxylic acid groups (broad SMARTS) is 2. The molecule has 20 N–H and O–H groups in total. The maximum absolute atomic E-state index is 14.2. The Bertz CT molecular complexity index is 4270. The van der Waals surface area contributed by atoms with Crippen molar-refractivity contribution in [2.24, 2.45) is 22.8 Å². The van der Waals surface area contributed by atoms with Gasteiger partial charge in [0.25, 0.3) is 11.6 Å². The van der Waals surface area contributed by atoms with Crippen molar-refractivity contribution in [2.45, 2.75) is 293 Å². The van der Waals surface area contributed by atoms with E-state index in [2.05, 4.69) is 85.5 Å². The summed E-state index contributed by atoms with van der Waals surface area (Å²) in [5.41, 5.74) is 11.1. The molecule has 27 atom stereocenters. The summed E-state index contributed by atoms with van der Waals surface area (Å²) in [6.45, 7) is 18.4. The van der Waals surface area contributed by atoms with Crippen LogP contribution in [0.15, 0.2) is 77.5 Å². The monoisotopic (exact) mass is 1800 g/mol. The Balaban J connectivity index is 1.17. The number of hydrogen-bond acceptors (Lipinski definition) is 35. The second kappa shape index (κ2) is 46.0. The largest absolute Gasteiger partial charge is 0.481 e. The first kappa shape index (κ1) is 104. The van der Waals surface area contributed by atoms with Crippen molar-refractivity contribution in [3.05, 3.63) is 105 Å². The van der Waals surface area contributed by atoms with E-state index in [0.717, 1.165) is 86.9 Å². The van der Waals surface area contributed by atoms with E-state index in [-0.39, 0.29) is 24.3 Å². The summed E-state index contributed by atoms with van der Waals surface area (Å²) < 4.78 is 85.9. The van der Waals surface area contributed by atoms with Crippen molar-refractivity contribution in [3.63, 3.8) is 0 Å². The van der Waals surface area contributed by atoms with E-state index in [9.17, 15) is 119 Å². The highest BCUT2D eigenvalue weighted by Gasteiger charge is 2.63. The molecule has 700 valence electrons. The molecular formula is C79H118N9O36P. The van der Waals surface area contributed by atoms with Gasteiger partial charge >= 0.3 is 25.9 Å². The van der Waals surface area contributed by atoms with E-state index in [1.807, 2.05) is 6.08 Å². The summed E-state index contributed by atoms with van der Waals surface area (Å²) in [5, 5.41) is 159. The van der Waals surface area contributed by atoms with E-state index < -0.39 is 281 Å². The fraction of sp³-hybridized carbons (Fsp3) is 0.671. The van der Waals surface area contributed by atoms with Gasteiger partial charge in [0.2, 0.25) is 29.3 Å².